The summed E-state index contributed by atoms with van der Waals surface area (Å²) in [4.78, 5) is 0. The molecule has 0 spiro atoms. The van der Waals surface area contributed by atoms with Gasteiger partial charge in [0, 0.05) is 24.3 Å². The van der Waals surface area contributed by atoms with Crippen molar-refractivity contribution in [2.24, 2.45) is 5.92 Å². The van der Waals surface area contributed by atoms with Crippen LogP contribution in [0.1, 0.15) is 70.4 Å². The van der Waals surface area contributed by atoms with Gasteiger partial charge in [-0.15, -0.1) is 0 Å². The van der Waals surface area contributed by atoms with E-state index < -0.39 is 0 Å². The fourth-order valence-corrected chi connectivity index (χ4v) is 3.15. The molecule has 0 saturated heterocycles. The number of aromatic nitrogens is 2. The van der Waals surface area contributed by atoms with Crippen LogP contribution in [-0.2, 0) is 6.54 Å². The van der Waals surface area contributed by atoms with Crippen molar-refractivity contribution in [3.8, 4) is 0 Å². The lowest BCUT2D eigenvalue weighted by Gasteiger charge is -2.20. The van der Waals surface area contributed by atoms with E-state index in [0.717, 1.165) is 25.4 Å². The van der Waals surface area contributed by atoms with Gasteiger partial charge in [-0.1, -0.05) is 39.5 Å². The fourth-order valence-electron chi connectivity index (χ4n) is 3.15. The summed E-state index contributed by atoms with van der Waals surface area (Å²) in [6.45, 7) is 6.58. The highest BCUT2D eigenvalue weighted by Crippen LogP contribution is 2.32. The predicted octanol–water partition coefficient (Wildman–Crippen LogP) is 3.91. The summed E-state index contributed by atoms with van der Waals surface area (Å²) in [7, 11) is 0. The van der Waals surface area contributed by atoms with E-state index in [9.17, 15) is 0 Å². The Balaban J connectivity index is 1.97. The van der Waals surface area contributed by atoms with Gasteiger partial charge < -0.3 is 5.32 Å². The predicted molar refractivity (Wildman–Crippen MR) is 80.1 cm³/mol. The molecule has 0 aliphatic heterocycles. The number of hydrogen-bond acceptors (Lipinski definition) is 2. The number of nitrogens with one attached hydrogen (secondary N) is 1. The van der Waals surface area contributed by atoms with Crippen LogP contribution >= 0.6 is 0 Å². The largest absolute Gasteiger partial charge is 0.310 e. The van der Waals surface area contributed by atoms with Gasteiger partial charge in [0.2, 0.25) is 0 Å². The lowest BCUT2D eigenvalue weighted by Crippen LogP contribution is -2.23. The van der Waals surface area contributed by atoms with Crippen LogP contribution < -0.4 is 5.32 Å². The Labute approximate surface area is 117 Å². The van der Waals surface area contributed by atoms with E-state index in [-0.39, 0.29) is 0 Å². The Morgan fingerprint density at radius 1 is 1.32 bits per heavy atom. The lowest BCUT2D eigenvalue weighted by molar-refractivity contribution is 0.395. The molecule has 1 aliphatic rings. The third-order valence-electron chi connectivity index (χ3n) is 4.19. The van der Waals surface area contributed by atoms with Gasteiger partial charge in [-0.3, -0.25) is 4.68 Å². The highest BCUT2D eigenvalue weighted by molar-refractivity contribution is 5.10. The average molecular weight is 263 g/mol. The third kappa shape index (κ3) is 4.34. The fraction of sp³-hybridized carbons (Fsp3) is 0.812. The molecule has 108 valence electrons. The Morgan fingerprint density at radius 3 is 2.79 bits per heavy atom. The van der Waals surface area contributed by atoms with Gasteiger partial charge in [-0.05, 0) is 31.7 Å². The molecule has 1 unspecified atom stereocenters. The van der Waals surface area contributed by atoms with E-state index >= 15 is 0 Å². The van der Waals surface area contributed by atoms with E-state index in [1.165, 1.54) is 44.1 Å². The van der Waals surface area contributed by atoms with Crippen LogP contribution in [-0.4, -0.2) is 16.3 Å². The van der Waals surface area contributed by atoms with Crippen molar-refractivity contribution in [2.75, 3.05) is 6.54 Å². The van der Waals surface area contributed by atoms with Crippen molar-refractivity contribution in [1.29, 1.82) is 0 Å². The first kappa shape index (κ1) is 14.6. The summed E-state index contributed by atoms with van der Waals surface area (Å²) >= 11 is 0. The molecule has 1 atom stereocenters. The topological polar surface area (TPSA) is 29.9 Å². The minimum Gasteiger partial charge on any atom is -0.310 e. The number of hydrogen-bond donors (Lipinski definition) is 1. The second kappa shape index (κ2) is 7.68. The molecule has 2 rings (SSSR count). The molecule has 1 heterocycles. The van der Waals surface area contributed by atoms with Gasteiger partial charge in [-0.25, -0.2) is 0 Å². The maximum absolute atomic E-state index is 4.49. The SMILES string of the molecule is CCCNC(CC1CCCC1)c1cnn(CCC)c1. The minimum absolute atomic E-state index is 0.508. The van der Waals surface area contributed by atoms with Crippen LogP contribution in [0.4, 0.5) is 0 Å². The molecule has 0 radical (unpaired) electrons. The van der Waals surface area contributed by atoms with E-state index in [1.54, 1.807) is 0 Å². The van der Waals surface area contributed by atoms with Crippen LogP contribution in [0.2, 0.25) is 0 Å². The van der Waals surface area contributed by atoms with Crippen LogP contribution in [0.5, 0.6) is 0 Å². The smallest absolute Gasteiger partial charge is 0.0537 e. The van der Waals surface area contributed by atoms with Gasteiger partial charge >= 0.3 is 0 Å². The molecule has 1 aromatic heterocycles. The van der Waals surface area contributed by atoms with Crippen molar-refractivity contribution in [1.82, 2.24) is 15.1 Å². The van der Waals surface area contributed by atoms with Crippen molar-refractivity contribution in [3.05, 3.63) is 18.0 Å². The van der Waals surface area contributed by atoms with Crippen LogP contribution in [0.25, 0.3) is 0 Å². The van der Waals surface area contributed by atoms with Crippen molar-refractivity contribution >= 4 is 0 Å². The van der Waals surface area contributed by atoms with Crippen LogP contribution in [0.15, 0.2) is 12.4 Å². The summed E-state index contributed by atoms with van der Waals surface area (Å²) < 4.78 is 2.09. The molecule has 0 amide bonds. The molecule has 1 fully saturated rings. The molecule has 1 N–H and O–H groups in total. The summed E-state index contributed by atoms with van der Waals surface area (Å²) in [5, 5.41) is 8.20. The number of nitrogens with zero attached hydrogens (tertiary/aromatic N) is 2. The molecule has 0 aromatic carbocycles. The second-order valence-corrected chi connectivity index (χ2v) is 5.93. The van der Waals surface area contributed by atoms with E-state index in [1.807, 2.05) is 0 Å². The molecule has 3 nitrogen and oxygen atoms in total. The first-order valence-electron chi connectivity index (χ1n) is 8.09. The quantitative estimate of drug-likeness (QED) is 0.770. The standard InChI is InChI=1S/C16H29N3/c1-3-9-17-16(11-14-7-5-6-8-14)15-12-18-19(13-15)10-4-2/h12-14,16-17H,3-11H2,1-2H3. The van der Waals surface area contributed by atoms with Crippen molar-refractivity contribution in [3.63, 3.8) is 0 Å². The second-order valence-electron chi connectivity index (χ2n) is 5.93. The summed E-state index contributed by atoms with van der Waals surface area (Å²) in [6.07, 6.45) is 13.7. The molecule has 1 saturated carbocycles. The zero-order valence-corrected chi connectivity index (χ0v) is 12.6. The molecule has 0 bridgehead atoms. The zero-order chi connectivity index (χ0) is 13.5. The molecule has 1 aliphatic carbocycles. The Hall–Kier alpha value is -0.830. The third-order valence-corrected chi connectivity index (χ3v) is 4.19. The molecule has 1 aromatic rings. The first-order valence-corrected chi connectivity index (χ1v) is 8.09. The van der Waals surface area contributed by atoms with Crippen LogP contribution in [0, 0.1) is 5.92 Å². The van der Waals surface area contributed by atoms with Gasteiger partial charge in [0.15, 0.2) is 0 Å². The van der Waals surface area contributed by atoms with Crippen molar-refractivity contribution < 1.29 is 0 Å². The highest BCUT2D eigenvalue weighted by Gasteiger charge is 2.21. The van der Waals surface area contributed by atoms with Gasteiger partial charge in [-0.2, -0.15) is 5.10 Å². The molecule has 3 heteroatoms. The maximum atomic E-state index is 4.49. The highest BCUT2D eigenvalue weighted by atomic mass is 15.3. The van der Waals surface area contributed by atoms with Gasteiger partial charge in [0.05, 0.1) is 6.20 Å². The van der Waals surface area contributed by atoms with E-state index in [2.05, 4.69) is 41.3 Å². The number of aryl methyl sites for hydroxylation is 1. The van der Waals surface area contributed by atoms with Gasteiger partial charge in [0.1, 0.15) is 0 Å². The lowest BCUT2D eigenvalue weighted by atomic mass is 9.95. The Morgan fingerprint density at radius 2 is 2.11 bits per heavy atom. The minimum atomic E-state index is 0.508. The Kier molecular flexibility index (Phi) is 5.90. The molecule has 19 heavy (non-hydrogen) atoms. The van der Waals surface area contributed by atoms with E-state index in [0.29, 0.717) is 6.04 Å². The monoisotopic (exact) mass is 263 g/mol. The molecular formula is C16H29N3. The first-order chi connectivity index (χ1) is 9.33. The van der Waals surface area contributed by atoms with E-state index in [4.69, 9.17) is 0 Å². The zero-order valence-electron chi connectivity index (χ0n) is 12.6. The summed E-state index contributed by atoms with van der Waals surface area (Å²) in [6, 6.07) is 0.508. The normalized spacial score (nSPS) is 18.0. The average Bonchev–Trinajstić information content (AvgIpc) is 3.06. The van der Waals surface area contributed by atoms with Gasteiger partial charge in [0.25, 0.3) is 0 Å². The summed E-state index contributed by atoms with van der Waals surface area (Å²) in [5.41, 5.74) is 1.38. The van der Waals surface area contributed by atoms with Crippen LogP contribution in [0.3, 0.4) is 0 Å². The number of rotatable bonds is 8. The summed E-state index contributed by atoms with van der Waals surface area (Å²) in [5.74, 6) is 0.920. The maximum Gasteiger partial charge on any atom is 0.0537 e. The Bertz CT molecular complexity index is 353. The van der Waals surface area contributed by atoms with Crippen molar-refractivity contribution in [2.45, 2.75) is 71.4 Å². The molecular weight excluding hydrogens is 234 g/mol.